The summed E-state index contributed by atoms with van der Waals surface area (Å²) in [6, 6.07) is 14.3. The fourth-order valence-corrected chi connectivity index (χ4v) is 3.99. The molecule has 2 heterocycles. The highest BCUT2D eigenvalue weighted by Gasteiger charge is 2.34. The van der Waals surface area contributed by atoms with Crippen molar-refractivity contribution < 1.29 is 13.5 Å². The number of rotatable bonds is 4. The smallest absolute Gasteiger partial charge is 0.162 e. The third-order valence-corrected chi connectivity index (χ3v) is 5.40. The van der Waals surface area contributed by atoms with E-state index in [2.05, 4.69) is 35.2 Å². The minimum Gasteiger partial charge on any atom is -0.378 e. The van der Waals surface area contributed by atoms with Gasteiger partial charge in [-0.1, -0.05) is 54.1 Å². The number of ether oxygens (including phenoxy) is 1. The third kappa shape index (κ3) is 3.44. The van der Waals surface area contributed by atoms with E-state index in [1.807, 2.05) is 6.07 Å². The van der Waals surface area contributed by atoms with Crippen molar-refractivity contribution in [3.8, 4) is 0 Å². The molecule has 2 aromatic rings. The second-order valence-corrected chi connectivity index (χ2v) is 7.29. The molecular weight excluding hydrogens is 332 g/mol. The Labute approximate surface area is 153 Å². The van der Waals surface area contributed by atoms with E-state index in [0.29, 0.717) is 30.8 Å². The molecule has 2 atom stereocenters. The lowest BCUT2D eigenvalue weighted by Gasteiger charge is -2.45. The molecule has 0 amide bonds. The number of benzene rings is 2. The number of halogens is 2. The van der Waals surface area contributed by atoms with Crippen molar-refractivity contribution in [1.29, 1.82) is 0 Å². The van der Waals surface area contributed by atoms with Gasteiger partial charge < -0.3 is 4.74 Å². The molecule has 0 aromatic heterocycles. The maximum absolute atomic E-state index is 14.2. The summed E-state index contributed by atoms with van der Waals surface area (Å²) in [6.07, 6.45) is 3.49. The van der Waals surface area contributed by atoms with E-state index in [-0.39, 0.29) is 12.1 Å². The SMILES string of the molecule is Cc1ccc(CC2=CC3COCC(C2)N3Cc2ccccc2)c(F)c1F. The molecule has 4 rings (SSSR count). The summed E-state index contributed by atoms with van der Waals surface area (Å²) in [5, 5.41) is 0. The highest BCUT2D eigenvalue weighted by Crippen LogP contribution is 2.31. The zero-order valence-electron chi connectivity index (χ0n) is 14.9. The van der Waals surface area contributed by atoms with Crippen LogP contribution in [0.15, 0.2) is 54.1 Å². The zero-order valence-corrected chi connectivity index (χ0v) is 14.9. The predicted molar refractivity (Wildman–Crippen MR) is 97.9 cm³/mol. The standard InChI is InChI=1S/C22H23F2NO/c1-15-7-8-18(22(24)21(15)23)9-17-10-19-13-26-14-20(11-17)25(19)12-16-5-3-2-4-6-16/h2-8,10,19-20H,9,11-14H2,1H3. The van der Waals surface area contributed by atoms with Gasteiger partial charge in [-0.15, -0.1) is 0 Å². The molecule has 2 aromatic carbocycles. The van der Waals surface area contributed by atoms with Crippen molar-refractivity contribution in [1.82, 2.24) is 4.90 Å². The van der Waals surface area contributed by atoms with Crippen molar-refractivity contribution in [3.63, 3.8) is 0 Å². The molecule has 4 heteroatoms. The molecule has 26 heavy (non-hydrogen) atoms. The molecule has 0 aliphatic carbocycles. The second kappa shape index (κ2) is 7.29. The van der Waals surface area contributed by atoms with Crippen LogP contribution in [0.3, 0.4) is 0 Å². The van der Waals surface area contributed by atoms with Crippen LogP contribution in [0.5, 0.6) is 0 Å². The van der Waals surface area contributed by atoms with Crippen LogP contribution in [0.25, 0.3) is 0 Å². The first-order valence-corrected chi connectivity index (χ1v) is 9.12. The predicted octanol–water partition coefficient (Wildman–Crippen LogP) is 4.42. The van der Waals surface area contributed by atoms with Gasteiger partial charge in [-0.3, -0.25) is 4.90 Å². The van der Waals surface area contributed by atoms with Crippen LogP contribution in [0.4, 0.5) is 8.78 Å². The molecule has 2 unspecified atom stereocenters. The minimum absolute atomic E-state index is 0.191. The van der Waals surface area contributed by atoms with Gasteiger partial charge in [0.05, 0.1) is 19.3 Å². The molecule has 1 saturated heterocycles. The first-order chi connectivity index (χ1) is 12.6. The van der Waals surface area contributed by atoms with Crippen LogP contribution in [-0.4, -0.2) is 30.2 Å². The minimum atomic E-state index is -0.729. The van der Waals surface area contributed by atoms with Crippen molar-refractivity contribution in [3.05, 3.63) is 82.4 Å². The molecule has 2 bridgehead atoms. The molecule has 0 saturated carbocycles. The summed E-state index contributed by atoms with van der Waals surface area (Å²) in [4.78, 5) is 2.47. The van der Waals surface area contributed by atoms with E-state index in [4.69, 9.17) is 4.74 Å². The Bertz CT molecular complexity index is 818. The van der Waals surface area contributed by atoms with Crippen molar-refractivity contribution in [2.75, 3.05) is 13.2 Å². The van der Waals surface area contributed by atoms with E-state index in [1.165, 1.54) is 11.1 Å². The summed E-state index contributed by atoms with van der Waals surface area (Å²) >= 11 is 0. The summed E-state index contributed by atoms with van der Waals surface area (Å²) in [7, 11) is 0. The van der Waals surface area contributed by atoms with E-state index < -0.39 is 11.6 Å². The van der Waals surface area contributed by atoms with E-state index in [9.17, 15) is 8.78 Å². The number of aryl methyl sites for hydroxylation is 1. The topological polar surface area (TPSA) is 12.5 Å². The lowest BCUT2D eigenvalue weighted by atomic mass is 9.89. The zero-order chi connectivity index (χ0) is 18.1. The Kier molecular flexibility index (Phi) is 4.88. The number of fused-ring (bicyclic) bond motifs is 2. The molecule has 0 spiro atoms. The van der Waals surface area contributed by atoms with Crippen LogP contribution in [-0.2, 0) is 17.7 Å². The summed E-state index contributed by atoms with van der Waals surface area (Å²) in [5.41, 5.74) is 3.25. The van der Waals surface area contributed by atoms with Crippen molar-refractivity contribution in [2.45, 2.75) is 38.4 Å². The highest BCUT2D eigenvalue weighted by atomic mass is 19.2. The maximum Gasteiger partial charge on any atom is 0.162 e. The Hall–Kier alpha value is -2.04. The van der Waals surface area contributed by atoms with Gasteiger partial charge in [0.25, 0.3) is 0 Å². The van der Waals surface area contributed by atoms with Crippen LogP contribution < -0.4 is 0 Å². The molecule has 2 aliphatic heterocycles. The average Bonchev–Trinajstić information content (AvgIpc) is 2.64. The van der Waals surface area contributed by atoms with Crippen LogP contribution in [0.1, 0.15) is 23.1 Å². The molecular formula is C22H23F2NO. The van der Waals surface area contributed by atoms with Gasteiger partial charge in [0.1, 0.15) is 0 Å². The normalized spacial score (nSPS) is 23.0. The number of hydrogen-bond acceptors (Lipinski definition) is 2. The molecule has 136 valence electrons. The lowest BCUT2D eigenvalue weighted by Crippen LogP contribution is -2.53. The highest BCUT2D eigenvalue weighted by molar-refractivity contribution is 5.31. The van der Waals surface area contributed by atoms with Crippen molar-refractivity contribution in [2.24, 2.45) is 0 Å². The van der Waals surface area contributed by atoms with Gasteiger partial charge in [0.15, 0.2) is 11.6 Å². The Balaban J connectivity index is 1.54. The largest absolute Gasteiger partial charge is 0.378 e. The van der Waals surface area contributed by atoms with E-state index in [0.717, 1.165) is 13.0 Å². The van der Waals surface area contributed by atoms with Gasteiger partial charge in [-0.2, -0.15) is 0 Å². The van der Waals surface area contributed by atoms with Crippen LogP contribution in [0.2, 0.25) is 0 Å². The maximum atomic E-state index is 14.2. The summed E-state index contributed by atoms with van der Waals surface area (Å²) < 4.78 is 33.8. The molecule has 0 N–H and O–H groups in total. The fraction of sp³-hybridized carbons (Fsp3) is 0.364. The van der Waals surface area contributed by atoms with Gasteiger partial charge in [-0.25, -0.2) is 8.78 Å². The number of nitrogens with zero attached hydrogens (tertiary/aromatic N) is 1. The fourth-order valence-electron chi connectivity index (χ4n) is 3.99. The second-order valence-electron chi connectivity index (χ2n) is 7.29. The number of morpholine rings is 1. The Morgan fingerprint density at radius 1 is 1.04 bits per heavy atom. The Morgan fingerprint density at radius 2 is 1.85 bits per heavy atom. The van der Waals surface area contributed by atoms with E-state index >= 15 is 0 Å². The molecule has 0 radical (unpaired) electrons. The summed E-state index contributed by atoms with van der Waals surface area (Å²) in [6.45, 7) is 3.81. The first kappa shape index (κ1) is 17.4. The Morgan fingerprint density at radius 3 is 2.62 bits per heavy atom. The van der Waals surface area contributed by atoms with Crippen LogP contribution >= 0.6 is 0 Å². The van der Waals surface area contributed by atoms with E-state index in [1.54, 1.807) is 19.1 Å². The van der Waals surface area contributed by atoms with Crippen LogP contribution in [0, 0.1) is 18.6 Å². The number of hydrogen-bond donors (Lipinski definition) is 0. The average molecular weight is 355 g/mol. The molecule has 2 aliphatic rings. The van der Waals surface area contributed by atoms with Gasteiger partial charge >= 0.3 is 0 Å². The van der Waals surface area contributed by atoms with Gasteiger partial charge in [0, 0.05) is 12.6 Å². The molecule has 1 fully saturated rings. The van der Waals surface area contributed by atoms with Crippen molar-refractivity contribution >= 4 is 0 Å². The quantitative estimate of drug-likeness (QED) is 0.753. The third-order valence-electron chi connectivity index (χ3n) is 5.40. The first-order valence-electron chi connectivity index (χ1n) is 9.12. The summed E-state index contributed by atoms with van der Waals surface area (Å²) in [5.74, 6) is -1.44. The molecule has 2 nitrogen and oxygen atoms in total. The monoisotopic (exact) mass is 355 g/mol. The van der Waals surface area contributed by atoms with Gasteiger partial charge in [0.2, 0.25) is 0 Å². The van der Waals surface area contributed by atoms with Gasteiger partial charge in [-0.05, 0) is 36.5 Å². The lowest BCUT2D eigenvalue weighted by molar-refractivity contribution is -0.0440.